The van der Waals surface area contributed by atoms with Crippen molar-refractivity contribution in [3.8, 4) is 0 Å². The fraction of sp³-hybridized carbons (Fsp3) is 0.364. The van der Waals surface area contributed by atoms with Gasteiger partial charge in [0, 0.05) is 5.69 Å². The SMILES string of the molecule is [B]c1ccc(N2C(=O)COCC2C)cc1. The molecular formula is C11H12BNO2. The van der Waals surface area contributed by atoms with E-state index in [1.54, 1.807) is 17.0 Å². The molecule has 1 unspecified atom stereocenters. The van der Waals surface area contributed by atoms with Crippen LogP contribution in [0.25, 0.3) is 0 Å². The van der Waals surface area contributed by atoms with E-state index in [1.165, 1.54) is 0 Å². The maximum absolute atomic E-state index is 11.7. The van der Waals surface area contributed by atoms with E-state index in [-0.39, 0.29) is 18.6 Å². The molecule has 0 N–H and O–H groups in total. The van der Waals surface area contributed by atoms with Crippen LogP contribution in [0.2, 0.25) is 0 Å². The van der Waals surface area contributed by atoms with Gasteiger partial charge in [-0.15, -0.1) is 0 Å². The van der Waals surface area contributed by atoms with Gasteiger partial charge >= 0.3 is 0 Å². The molecule has 0 aromatic heterocycles. The molecule has 1 aromatic rings. The summed E-state index contributed by atoms with van der Waals surface area (Å²) in [5.41, 5.74) is 1.58. The number of hydrogen-bond acceptors (Lipinski definition) is 2. The number of amides is 1. The van der Waals surface area contributed by atoms with Crippen LogP contribution in [-0.2, 0) is 9.53 Å². The van der Waals surface area contributed by atoms with Crippen molar-refractivity contribution in [1.82, 2.24) is 0 Å². The van der Waals surface area contributed by atoms with Crippen LogP contribution in [0, 0.1) is 0 Å². The Labute approximate surface area is 90.4 Å². The minimum atomic E-state index is -0.00137. The predicted molar refractivity (Wildman–Crippen MR) is 59.6 cm³/mol. The van der Waals surface area contributed by atoms with Crippen molar-refractivity contribution in [1.29, 1.82) is 0 Å². The smallest absolute Gasteiger partial charge is 0.253 e. The van der Waals surface area contributed by atoms with Gasteiger partial charge in [-0.1, -0.05) is 17.6 Å². The van der Waals surface area contributed by atoms with Crippen LogP contribution < -0.4 is 10.4 Å². The van der Waals surface area contributed by atoms with Gasteiger partial charge in [-0.3, -0.25) is 4.79 Å². The number of carbonyl (C=O) groups is 1. The Morgan fingerprint density at radius 2 is 2.07 bits per heavy atom. The lowest BCUT2D eigenvalue weighted by atomic mass is 9.96. The lowest BCUT2D eigenvalue weighted by Crippen LogP contribution is -2.48. The number of carbonyl (C=O) groups excluding carboxylic acids is 1. The van der Waals surface area contributed by atoms with E-state index < -0.39 is 0 Å². The number of nitrogens with zero attached hydrogens (tertiary/aromatic N) is 1. The fourth-order valence-corrected chi connectivity index (χ4v) is 1.74. The first-order valence-corrected chi connectivity index (χ1v) is 4.94. The Hall–Kier alpha value is -1.29. The van der Waals surface area contributed by atoms with Crippen molar-refractivity contribution in [2.45, 2.75) is 13.0 Å². The fourth-order valence-electron chi connectivity index (χ4n) is 1.74. The van der Waals surface area contributed by atoms with E-state index in [9.17, 15) is 4.79 Å². The van der Waals surface area contributed by atoms with E-state index in [1.807, 2.05) is 19.1 Å². The van der Waals surface area contributed by atoms with Crippen LogP contribution in [0.1, 0.15) is 6.92 Å². The first-order chi connectivity index (χ1) is 7.18. The summed E-state index contributed by atoms with van der Waals surface area (Å²) in [4.78, 5) is 13.4. The number of benzene rings is 1. The van der Waals surface area contributed by atoms with Gasteiger partial charge in [-0.2, -0.15) is 0 Å². The van der Waals surface area contributed by atoms with Crippen LogP contribution in [0.4, 0.5) is 5.69 Å². The first kappa shape index (κ1) is 10.2. The van der Waals surface area contributed by atoms with Gasteiger partial charge in [0.25, 0.3) is 5.91 Å². The van der Waals surface area contributed by atoms with Gasteiger partial charge in [0.15, 0.2) is 0 Å². The topological polar surface area (TPSA) is 29.5 Å². The summed E-state index contributed by atoms with van der Waals surface area (Å²) >= 11 is 0. The molecule has 0 aliphatic carbocycles. The molecule has 1 aliphatic heterocycles. The molecule has 0 spiro atoms. The number of anilines is 1. The van der Waals surface area contributed by atoms with E-state index in [2.05, 4.69) is 0 Å². The summed E-state index contributed by atoms with van der Waals surface area (Å²) < 4.78 is 5.15. The molecule has 0 bridgehead atoms. The Kier molecular flexibility index (Phi) is 2.78. The summed E-state index contributed by atoms with van der Waals surface area (Å²) in [7, 11) is 5.60. The maximum atomic E-state index is 11.7. The van der Waals surface area contributed by atoms with E-state index in [0.29, 0.717) is 12.1 Å². The van der Waals surface area contributed by atoms with Crippen molar-refractivity contribution in [2.75, 3.05) is 18.1 Å². The second-order valence-electron chi connectivity index (χ2n) is 3.72. The van der Waals surface area contributed by atoms with Gasteiger partial charge in [0.1, 0.15) is 14.5 Å². The van der Waals surface area contributed by atoms with Crippen LogP contribution in [0.3, 0.4) is 0 Å². The van der Waals surface area contributed by atoms with Crippen LogP contribution in [-0.4, -0.2) is 33.0 Å². The number of ether oxygens (including phenoxy) is 1. The van der Waals surface area contributed by atoms with E-state index >= 15 is 0 Å². The third-order valence-electron chi connectivity index (χ3n) is 2.47. The Morgan fingerprint density at radius 1 is 1.40 bits per heavy atom. The zero-order valence-electron chi connectivity index (χ0n) is 8.64. The highest BCUT2D eigenvalue weighted by atomic mass is 16.5. The average Bonchev–Trinajstić information content (AvgIpc) is 2.20. The summed E-state index contributed by atoms with van der Waals surface area (Å²) in [6.45, 7) is 2.71. The zero-order valence-corrected chi connectivity index (χ0v) is 8.64. The Bertz CT molecular complexity index is 363. The summed E-state index contributed by atoms with van der Waals surface area (Å²) in [6.07, 6.45) is 0. The van der Waals surface area contributed by atoms with Gasteiger partial charge < -0.3 is 9.64 Å². The van der Waals surface area contributed by atoms with Crippen molar-refractivity contribution in [3.05, 3.63) is 24.3 Å². The number of morpholine rings is 1. The molecule has 1 amide bonds. The van der Waals surface area contributed by atoms with Crippen LogP contribution in [0.5, 0.6) is 0 Å². The quantitative estimate of drug-likeness (QED) is 0.608. The highest BCUT2D eigenvalue weighted by molar-refractivity contribution is 6.32. The molecule has 4 heteroatoms. The van der Waals surface area contributed by atoms with E-state index in [4.69, 9.17) is 12.6 Å². The summed E-state index contributed by atoms with van der Waals surface area (Å²) in [6, 6.07) is 7.38. The monoisotopic (exact) mass is 201 g/mol. The lowest BCUT2D eigenvalue weighted by Gasteiger charge is -2.33. The van der Waals surface area contributed by atoms with Crippen LogP contribution >= 0.6 is 0 Å². The molecule has 76 valence electrons. The number of hydrogen-bond donors (Lipinski definition) is 0. The second kappa shape index (κ2) is 4.07. The highest BCUT2D eigenvalue weighted by Crippen LogP contribution is 2.18. The van der Waals surface area contributed by atoms with Gasteiger partial charge in [-0.25, -0.2) is 0 Å². The molecule has 1 heterocycles. The molecule has 15 heavy (non-hydrogen) atoms. The molecule has 2 radical (unpaired) electrons. The Morgan fingerprint density at radius 3 is 2.67 bits per heavy atom. The largest absolute Gasteiger partial charge is 0.369 e. The number of rotatable bonds is 1. The van der Waals surface area contributed by atoms with Crippen molar-refractivity contribution >= 4 is 24.9 Å². The second-order valence-corrected chi connectivity index (χ2v) is 3.72. The standard InChI is InChI=1S/C11H12BNO2/c1-8-6-15-7-11(14)13(8)10-4-2-9(12)3-5-10/h2-5,8H,6-7H2,1H3. The third-order valence-corrected chi connectivity index (χ3v) is 2.47. The first-order valence-electron chi connectivity index (χ1n) is 4.94. The predicted octanol–water partition coefficient (Wildman–Crippen LogP) is 0.232. The summed E-state index contributed by atoms with van der Waals surface area (Å²) in [5.74, 6) is -0.00137. The lowest BCUT2D eigenvalue weighted by molar-refractivity contribution is -0.127. The molecule has 1 aromatic carbocycles. The van der Waals surface area contributed by atoms with Crippen molar-refractivity contribution in [2.24, 2.45) is 0 Å². The van der Waals surface area contributed by atoms with Crippen molar-refractivity contribution in [3.63, 3.8) is 0 Å². The van der Waals surface area contributed by atoms with Crippen LogP contribution in [0.15, 0.2) is 24.3 Å². The summed E-state index contributed by atoms with van der Waals surface area (Å²) in [5, 5.41) is 0. The van der Waals surface area contributed by atoms with E-state index in [0.717, 1.165) is 5.69 Å². The Balaban J connectivity index is 2.27. The molecule has 1 aliphatic rings. The maximum Gasteiger partial charge on any atom is 0.253 e. The molecule has 1 fully saturated rings. The van der Waals surface area contributed by atoms with Gasteiger partial charge in [0.2, 0.25) is 0 Å². The molecule has 1 saturated heterocycles. The highest BCUT2D eigenvalue weighted by Gasteiger charge is 2.26. The van der Waals surface area contributed by atoms with Gasteiger partial charge in [0.05, 0.1) is 12.6 Å². The molecule has 0 saturated carbocycles. The minimum Gasteiger partial charge on any atom is -0.369 e. The third kappa shape index (κ3) is 2.05. The molecule has 2 rings (SSSR count). The molecule has 3 nitrogen and oxygen atoms in total. The zero-order chi connectivity index (χ0) is 10.8. The normalized spacial score (nSPS) is 21.8. The minimum absolute atomic E-state index is 0.00137. The molecular weight excluding hydrogens is 189 g/mol. The average molecular weight is 201 g/mol. The van der Waals surface area contributed by atoms with Gasteiger partial charge in [-0.05, 0) is 19.1 Å². The molecule has 1 atom stereocenters. The van der Waals surface area contributed by atoms with Crippen molar-refractivity contribution < 1.29 is 9.53 Å².